The molecule has 0 heterocycles. The first-order chi connectivity index (χ1) is 7.77. The molecule has 0 radical (unpaired) electrons. The van der Waals surface area contributed by atoms with Gasteiger partial charge in [0.1, 0.15) is 0 Å². The summed E-state index contributed by atoms with van der Waals surface area (Å²) < 4.78 is 5.43. The highest BCUT2D eigenvalue weighted by atomic mass is 16.5. The molecule has 1 N–H and O–H groups in total. The van der Waals surface area contributed by atoms with Crippen LogP contribution in [0, 0.1) is 0 Å². The molecule has 0 fully saturated rings. The van der Waals surface area contributed by atoms with Crippen LogP contribution in [0.25, 0.3) is 0 Å². The lowest BCUT2D eigenvalue weighted by molar-refractivity contribution is 0.0870. The maximum absolute atomic E-state index is 9.02. The van der Waals surface area contributed by atoms with Crippen LogP contribution in [0.15, 0.2) is 0 Å². The van der Waals surface area contributed by atoms with Crippen LogP contribution < -0.4 is 0 Å². The molecular formula is C14H30O2. The van der Waals surface area contributed by atoms with Gasteiger partial charge in [0.05, 0.1) is 6.10 Å². The standard InChI is InChI=1S/C14H30O2/c1-3-4-5-6-7-8-9-10-12-16-13-11-14(2)15/h14-15H,3-13H2,1-2H3. The Hall–Kier alpha value is -0.0800. The predicted molar refractivity (Wildman–Crippen MR) is 69.7 cm³/mol. The number of hydrogen-bond donors (Lipinski definition) is 1. The highest BCUT2D eigenvalue weighted by Crippen LogP contribution is 2.08. The molecule has 98 valence electrons. The molecular weight excluding hydrogens is 200 g/mol. The molecule has 0 aliphatic carbocycles. The fourth-order valence-corrected chi connectivity index (χ4v) is 1.69. The van der Waals surface area contributed by atoms with E-state index in [0.717, 1.165) is 13.0 Å². The maximum Gasteiger partial charge on any atom is 0.0534 e. The van der Waals surface area contributed by atoms with Crippen molar-refractivity contribution in [3.63, 3.8) is 0 Å². The molecule has 16 heavy (non-hydrogen) atoms. The van der Waals surface area contributed by atoms with Gasteiger partial charge in [-0.15, -0.1) is 0 Å². The van der Waals surface area contributed by atoms with Crippen molar-refractivity contribution < 1.29 is 9.84 Å². The zero-order chi connectivity index (χ0) is 12.1. The van der Waals surface area contributed by atoms with Crippen molar-refractivity contribution in [3.8, 4) is 0 Å². The number of aliphatic hydroxyl groups is 1. The summed E-state index contributed by atoms with van der Waals surface area (Å²) in [5, 5.41) is 9.02. The van der Waals surface area contributed by atoms with Crippen LogP contribution in [0.3, 0.4) is 0 Å². The van der Waals surface area contributed by atoms with Crippen molar-refractivity contribution >= 4 is 0 Å². The largest absolute Gasteiger partial charge is 0.393 e. The average Bonchev–Trinajstić information content (AvgIpc) is 2.25. The molecule has 0 aromatic rings. The molecule has 1 atom stereocenters. The molecule has 2 nitrogen and oxygen atoms in total. The first kappa shape index (κ1) is 15.9. The molecule has 0 aromatic carbocycles. The van der Waals surface area contributed by atoms with Gasteiger partial charge in [0.25, 0.3) is 0 Å². The normalized spacial score (nSPS) is 12.9. The van der Waals surface area contributed by atoms with E-state index in [2.05, 4.69) is 6.92 Å². The van der Waals surface area contributed by atoms with Gasteiger partial charge < -0.3 is 9.84 Å². The first-order valence-corrected chi connectivity index (χ1v) is 7.03. The number of ether oxygens (including phenoxy) is 1. The number of unbranched alkanes of at least 4 members (excludes halogenated alkanes) is 7. The van der Waals surface area contributed by atoms with Crippen molar-refractivity contribution in [1.29, 1.82) is 0 Å². The van der Waals surface area contributed by atoms with Crippen LogP contribution in [0.5, 0.6) is 0 Å². The summed E-state index contributed by atoms with van der Waals surface area (Å²) in [7, 11) is 0. The van der Waals surface area contributed by atoms with Crippen LogP contribution in [0.1, 0.15) is 71.6 Å². The lowest BCUT2D eigenvalue weighted by Crippen LogP contribution is -2.06. The summed E-state index contributed by atoms with van der Waals surface area (Å²) in [6, 6.07) is 0. The Labute approximate surface area is 101 Å². The smallest absolute Gasteiger partial charge is 0.0534 e. The Morgan fingerprint density at radius 1 is 0.875 bits per heavy atom. The highest BCUT2D eigenvalue weighted by Gasteiger charge is 1.95. The topological polar surface area (TPSA) is 29.5 Å². The van der Waals surface area contributed by atoms with Crippen LogP contribution in [-0.4, -0.2) is 24.4 Å². The summed E-state index contributed by atoms with van der Waals surface area (Å²) in [5.41, 5.74) is 0. The summed E-state index contributed by atoms with van der Waals surface area (Å²) >= 11 is 0. The van der Waals surface area contributed by atoms with E-state index in [1.54, 1.807) is 6.92 Å². The van der Waals surface area contributed by atoms with Gasteiger partial charge in [0, 0.05) is 13.2 Å². The summed E-state index contributed by atoms with van der Waals surface area (Å²) in [4.78, 5) is 0. The van der Waals surface area contributed by atoms with Crippen molar-refractivity contribution in [3.05, 3.63) is 0 Å². The van der Waals surface area contributed by atoms with Crippen molar-refractivity contribution in [1.82, 2.24) is 0 Å². The first-order valence-electron chi connectivity index (χ1n) is 7.03. The molecule has 0 aromatic heterocycles. The third-order valence-electron chi connectivity index (χ3n) is 2.82. The minimum Gasteiger partial charge on any atom is -0.393 e. The third kappa shape index (κ3) is 13.9. The third-order valence-corrected chi connectivity index (χ3v) is 2.82. The molecule has 0 rings (SSSR count). The Morgan fingerprint density at radius 2 is 1.44 bits per heavy atom. The maximum atomic E-state index is 9.02. The number of aliphatic hydroxyl groups excluding tert-OH is 1. The van der Waals surface area contributed by atoms with E-state index in [0.29, 0.717) is 6.61 Å². The van der Waals surface area contributed by atoms with E-state index >= 15 is 0 Å². The summed E-state index contributed by atoms with van der Waals surface area (Å²) in [6.45, 7) is 5.63. The minimum absolute atomic E-state index is 0.224. The van der Waals surface area contributed by atoms with Crippen molar-refractivity contribution in [2.24, 2.45) is 0 Å². The van der Waals surface area contributed by atoms with E-state index < -0.39 is 0 Å². The van der Waals surface area contributed by atoms with Gasteiger partial charge in [0.2, 0.25) is 0 Å². The molecule has 1 unspecified atom stereocenters. The minimum atomic E-state index is -0.224. The Bertz CT molecular complexity index is 124. The molecule has 0 spiro atoms. The lowest BCUT2D eigenvalue weighted by Gasteiger charge is -2.05. The number of hydrogen-bond acceptors (Lipinski definition) is 2. The molecule has 2 heteroatoms. The second-order valence-corrected chi connectivity index (χ2v) is 4.72. The van der Waals surface area contributed by atoms with Crippen molar-refractivity contribution in [2.75, 3.05) is 13.2 Å². The zero-order valence-electron chi connectivity index (χ0n) is 11.2. The van der Waals surface area contributed by atoms with Gasteiger partial charge in [-0.25, -0.2) is 0 Å². The monoisotopic (exact) mass is 230 g/mol. The van der Waals surface area contributed by atoms with Crippen LogP contribution in [0.4, 0.5) is 0 Å². The van der Waals surface area contributed by atoms with E-state index in [-0.39, 0.29) is 6.10 Å². The zero-order valence-corrected chi connectivity index (χ0v) is 11.2. The molecule has 0 amide bonds. The van der Waals surface area contributed by atoms with Gasteiger partial charge in [-0.1, -0.05) is 51.9 Å². The molecule has 0 aliphatic rings. The SMILES string of the molecule is CCCCCCCCCCOCCC(C)O. The van der Waals surface area contributed by atoms with Crippen molar-refractivity contribution in [2.45, 2.75) is 77.7 Å². The average molecular weight is 230 g/mol. The predicted octanol–water partition coefficient (Wildman–Crippen LogP) is 3.91. The van der Waals surface area contributed by atoms with Gasteiger partial charge in [-0.05, 0) is 19.8 Å². The number of rotatable bonds is 12. The quantitative estimate of drug-likeness (QED) is 0.515. The summed E-state index contributed by atoms with van der Waals surface area (Å²) in [6.07, 6.45) is 11.3. The van der Waals surface area contributed by atoms with Crippen LogP contribution in [-0.2, 0) is 4.74 Å². The van der Waals surface area contributed by atoms with Crippen LogP contribution in [0.2, 0.25) is 0 Å². The Morgan fingerprint density at radius 3 is 2.00 bits per heavy atom. The van der Waals surface area contributed by atoms with E-state index in [1.807, 2.05) is 0 Å². The Kier molecular flexibility index (Phi) is 12.9. The fourth-order valence-electron chi connectivity index (χ4n) is 1.69. The second kappa shape index (κ2) is 13.0. The molecule has 0 bridgehead atoms. The van der Waals surface area contributed by atoms with E-state index in [4.69, 9.17) is 9.84 Å². The molecule has 0 aliphatic heterocycles. The molecule has 0 saturated carbocycles. The summed E-state index contributed by atoms with van der Waals surface area (Å²) in [5.74, 6) is 0. The fraction of sp³-hybridized carbons (Fsp3) is 1.00. The molecule has 0 saturated heterocycles. The van der Waals surface area contributed by atoms with E-state index in [9.17, 15) is 0 Å². The van der Waals surface area contributed by atoms with Gasteiger partial charge >= 0.3 is 0 Å². The van der Waals surface area contributed by atoms with Gasteiger partial charge in [-0.3, -0.25) is 0 Å². The lowest BCUT2D eigenvalue weighted by atomic mass is 10.1. The highest BCUT2D eigenvalue weighted by molar-refractivity contribution is 4.47. The van der Waals surface area contributed by atoms with E-state index in [1.165, 1.54) is 51.4 Å². The Balaban J connectivity index is 2.88. The second-order valence-electron chi connectivity index (χ2n) is 4.72. The van der Waals surface area contributed by atoms with Gasteiger partial charge in [0.15, 0.2) is 0 Å². The van der Waals surface area contributed by atoms with Gasteiger partial charge in [-0.2, -0.15) is 0 Å². The van der Waals surface area contributed by atoms with Crippen LogP contribution >= 0.6 is 0 Å².